The number of aromatic nitrogens is 2. The summed E-state index contributed by atoms with van der Waals surface area (Å²) in [7, 11) is 0. The summed E-state index contributed by atoms with van der Waals surface area (Å²) in [4.78, 5) is 34.1. The third-order valence-corrected chi connectivity index (χ3v) is 5.41. The maximum absolute atomic E-state index is 13.2. The fourth-order valence-corrected chi connectivity index (χ4v) is 4.07. The van der Waals surface area contributed by atoms with Gasteiger partial charge in [-0.05, 0) is 31.2 Å². The van der Waals surface area contributed by atoms with Gasteiger partial charge in [-0.25, -0.2) is 4.98 Å². The molecule has 0 radical (unpaired) electrons. The van der Waals surface area contributed by atoms with Crippen molar-refractivity contribution in [3.8, 4) is 0 Å². The zero-order valence-electron chi connectivity index (χ0n) is 13.8. The van der Waals surface area contributed by atoms with Crippen LogP contribution in [-0.2, 0) is 0 Å². The number of fused-ring (bicyclic) bond motifs is 2. The van der Waals surface area contributed by atoms with Gasteiger partial charge in [0.2, 0.25) is 5.56 Å². The summed E-state index contributed by atoms with van der Waals surface area (Å²) >= 11 is 7.45. The van der Waals surface area contributed by atoms with E-state index in [-0.39, 0.29) is 11.5 Å². The number of rotatable bonds is 3. The van der Waals surface area contributed by atoms with E-state index in [1.807, 2.05) is 31.2 Å². The van der Waals surface area contributed by atoms with Crippen molar-refractivity contribution in [2.24, 2.45) is 0 Å². The standard InChI is InChI=1S/C19H14ClN3O2S/c1-2-23(19-22-15-9-11(20)7-8-16(15)26-19)18(25)13-10-17(24)21-14-6-4-3-5-12(13)14/h3-10H,2H2,1H3,(H,21,24). The number of thiazole rings is 1. The molecule has 0 aliphatic carbocycles. The number of aromatic amines is 1. The normalized spacial score (nSPS) is 11.2. The highest BCUT2D eigenvalue weighted by Gasteiger charge is 2.22. The number of H-pyrrole nitrogens is 1. The van der Waals surface area contributed by atoms with Gasteiger partial charge in [-0.1, -0.05) is 41.1 Å². The Bertz CT molecular complexity index is 1200. The van der Waals surface area contributed by atoms with E-state index in [0.717, 1.165) is 10.2 Å². The van der Waals surface area contributed by atoms with Crippen molar-refractivity contribution in [3.05, 3.63) is 69.5 Å². The number of anilines is 1. The number of para-hydroxylation sites is 1. The largest absolute Gasteiger partial charge is 0.322 e. The molecule has 0 bridgehead atoms. The van der Waals surface area contributed by atoms with E-state index >= 15 is 0 Å². The van der Waals surface area contributed by atoms with Crippen LogP contribution in [0.25, 0.3) is 21.1 Å². The van der Waals surface area contributed by atoms with E-state index in [1.54, 1.807) is 23.1 Å². The molecule has 2 aromatic heterocycles. The van der Waals surface area contributed by atoms with Crippen molar-refractivity contribution < 1.29 is 4.79 Å². The van der Waals surface area contributed by atoms with Crippen LogP contribution in [0.4, 0.5) is 5.13 Å². The topological polar surface area (TPSA) is 66.1 Å². The van der Waals surface area contributed by atoms with Crippen LogP contribution < -0.4 is 10.5 Å². The smallest absolute Gasteiger partial charge is 0.260 e. The second-order valence-electron chi connectivity index (χ2n) is 5.75. The Labute approximate surface area is 157 Å². The van der Waals surface area contributed by atoms with Crippen molar-refractivity contribution in [2.45, 2.75) is 6.92 Å². The first kappa shape index (κ1) is 16.8. The number of carbonyl (C=O) groups excluding carboxylic acids is 1. The monoisotopic (exact) mass is 383 g/mol. The summed E-state index contributed by atoms with van der Waals surface area (Å²) in [5, 5.41) is 1.89. The molecule has 0 saturated heterocycles. The predicted molar refractivity (Wildman–Crippen MR) is 107 cm³/mol. The molecule has 0 unspecified atom stereocenters. The van der Waals surface area contributed by atoms with E-state index in [9.17, 15) is 9.59 Å². The van der Waals surface area contributed by atoms with Crippen molar-refractivity contribution >= 4 is 55.1 Å². The van der Waals surface area contributed by atoms with Gasteiger partial charge < -0.3 is 4.98 Å². The van der Waals surface area contributed by atoms with Crippen molar-refractivity contribution in [3.63, 3.8) is 0 Å². The number of amides is 1. The van der Waals surface area contributed by atoms with Gasteiger partial charge in [0.05, 0.1) is 15.8 Å². The van der Waals surface area contributed by atoms with Gasteiger partial charge in [0.1, 0.15) is 0 Å². The summed E-state index contributed by atoms with van der Waals surface area (Å²) in [5.41, 5.74) is 1.44. The Hall–Kier alpha value is -2.70. The van der Waals surface area contributed by atoms with Gasteiger partial charge in [0, 0.05) is 28.5 Å². The van der Waals surface area contributed by atoms with Gasteiger partial charge in [0.25, 0.3) is 5.91 Å². The highest BCUT2D eigenvalue weighted by atomic mass is 35.5. The van der Waals surface area contributed by atoms with E-state index in [2.05, 4.69) is 9.97 Å². The summed E-state index contributed by atoms with van der Waals surface area (Å²) in [6, 6.07) is 14.1. The Morgan fingerprint density at radius 3 is 2.85 bits per heavy atom. The van der Waals surface area contributed by atoms with Crippen molar-refractivity contribution in [2.75, 3.05) is 11.4 Å². The number of halogens is 1. The van der Waals surface area contributed by atoms with Crippen LogP contribution in [0.5, 0.6) is 0 Å². The molecule has 5 nitrogen and oxygen atoms in total. The van der Waals surface area contributed by atoms with E-state index in [4.69, 9.17) is 11.6 Å². The predicted octanol–water partition coefficient (Wildman–Crippen LogP) is 4.46. The number of carbonyl (C=O) groups is 1. The summed E-state index contributed by atoms with van der Waals surface area (Å²) in [6.45, 7) is 2.32. The molecule has 1 N–H and O–H groups in total. The number of nitrogens with zero attached hydrogens (tertiary/aromatic N) is 2. The second kappa shape index (κ2) is 6.55. The van der Waals surface area contributed by atoms with Gasteiger partial charge >= 0.3 is 0 Å². The number of hydrogen-bond donors (Lipinski definition) is 1. The van der Waals surface area contributed by atoms with E-state index < -0.39 is 0 Å². The Morgan fingerprint density at radius 1 is 1.23 bits per heavy atom. The summed E-state index contributed by atoms with van der Waals surface area (Å²) in [6.07, 6.45) is 0. The molecule has 4 rings (SSSR count). The minimum atomic E-state index is -0.306. The average molecular weight is 384 g/mol. The van der Waals surface area contributed by atoms with Gasteiger partial charge in [0.15, 0.2) is 5.13 Å². The number of benzene rings is 2. The number of hydrogen-bond acceptors (Lipinski definition) is 4. The second-order valence-corrected chi connectivity index (χ2v) is 7.20. The van der Waals surface area contributed by atoms with Gasteiger partial charge in [-0.3, -0.25) is 14.5 Å². The first-order valence-electron chi connectivity index (χ1n) is 8.07. The zero-order chi connectivity index (χ0) is 18.3. The van der Waals surface area contributed by atoms with Crippen LogP contribution in [0.15, 0.2) is 53.3 Å². The molecule has 0 spiro atoms. The molecule has 7 heteroatoms. The average Bonchev–Trinajstić information content (AvgIpc) is 3.04. The fourth-order valence-electron chi connectivity index (χ4n) is 2.90. The third-order valence-electron chi connectivity index (χ3n) is 4.11. The summed E-state index contributed by atoms with van der Waals surface area (Å²) in [5.74, 6) is -0.250. The highest BCUT2D eigenvalue weighted by molar-refractivity contribution is 7.22. The lowest BCUT2D eigenvalue weighted by atomic mass is 10.1. The molecule has 2 heterocycles. The minimum absolute atomic E-state index is 0.250. The first-order valence-corrected chi connectivity index (χ1v) is 9.26. The molecule has 4 aromatic rings. The summed E-state index contributed by atoms with van der Waals surface area (Å²) < 4.78 is 0.950. The number of nitrogens with one attached hydrogen (secondary N) is 1. The lowest BCUT2D eigenvalue weighted by Gasteiger charge is -2.18. The highest BCUT2D eigenvalue weighted by Crippen LogP contribution is 2.31. The molecule has 26 heavy (non-hydrogen) atoms. The lowest BCUT2D eigenvalue weighted by molar-refractivity contribution is 0.0989. The molecule has 0 aliphatic rings. The maximum Gasteiger partial charge on any atom is 0.260 e. The number of pyridine rings is 1. The molecule has 0 atom stereocenters. The van der Waals surface area contributed by atoms with Crippen LogP contribution in [0.2, 0.25) is 5.02 Å². The molecule has 0 fully saturated rings. The van der Waals surface area contributed by atoms with E-state index in [0.29, 0.717) is 33.2 Å². The van der Waals surface area contributed by atoms with Crippen LogP contribution >= 0.6 is 22.9 Å². The SMILES string of the molecule is CCN(C(=O)c1cc(=O)[nH]c2ccccc12)c1nc2cc(Cl)ccc2s1. The molecule has 0 aliphatic heterocycles. The Balaban J connectivity index is 1.84. The molecule has 130 valence electrons. The maximum atomic E-state index is 13.2. The van der Waals surface area contributed by atoms with Crippen molar-refractivity contribution in [1.82, 2.24) is 9.97 Å². The fraction of sp³-hybridized carbons (Fsp3) is 0.105. The molecular weight excluding hydrogens is 370 g/mol. The molecule has 2 aromatic carbocycles. The molecular formula is C19H14ClN3O2S. The quantitative estimate of drug-likeness (QED) is 0.568. The third kappa shape index (κ3) is 2.87. The van der Waals surface area contributed by atoms with Gasteiger partial charge in [-0.15, -0.1) is 0 Å². The molecule has 0 saturated carbocycles. The minimum Gasteiger partial charge on any atom is -0.322 e. The Morgan fingerprint density at radius 2 is 2.04 bits per heavy atom. The Kier molecular flexibility index (Phi) is 4.22. The van der Waals surface area contributed by atoms with Crippen LogP contribution in [0.3, 0.4) is 0 Å². The molecule has 1 amide bonds. The van der Waals surface area contributed by atoms with E-state index in [1.165, 1.54) is 17.4 Å². The lowest BCUT2D eigenvalue weighted by Crippen LogP contribution is -2.31. The van der Waals surface area contributed by atoms with Gasteiger partial charge in [-0.2, -0.15) is 0 Å². The van der Waals surface area contributed by atoms with Crippen LogP contribution in [-0.4, -0.2) is 22.4 Å². The van der Waals surface area contributed by atoms with Crippen LogP contribution in [0.1, 0.15) is 17.3 Å². The zero-order valence-corrected chi connectivity index (χ0v) is 15.4. The van der Waals surface area contributed by atoms with Crippen LogP contribution in [0, 0.1) is 0 Å². The first-order chi connectivity index (χ1) is 12.6. The van der Waals surface area contributed by atoms with Crippen molar-refractivity contribution in [1.29, 1.82) is 0 Å².